The lowest BCUT2D eigenvalue weighted by Gasteiger charge is -2.36. The molecule has 0 bridgehead atoms. The zero-order chi connectivity index (χ0) is 19.2. The molecule has 0 aliphatic carbocycles. The first-order valence-corrected chi connectivity index (χ1v) is 9.02. The summed E-state index contributed by atoms with van der Waals surface area (Å²) in [7, 11) is 0. The highest BCUT2D eigenvalue weighted by molar-refractivity contribution is 6.32. The highest BCUT2D eigenvalue weighted by atomic mass is 35.5. The van der Waals surface area contributed by atoms with E-state index in [1.165, 1.54) is 24.3 Å². The fourth-order valence-corrected chi connectivity index (χ4v) is 3.10. The van der Waals surface area contributed by atoms with Crippen molar-refractivity contribution >= 4 is 23.3 Å². The van der Waals surface area contributed by atoms with E-state index in [4.69, 9.17) is 16.3 Å². The maximum atomic E-state index is 13.8. The third kappa shape index (κ3) is 5.01. The summed E-state index contributed by atoms with van der Waals surface area (Å²) in [5, 5.41) is 2.96. The van der Waals surface area contributed by atoms with E-state index in [2.05, 4.69) is 5.32 Å². The summed E-state index contributed by atoms with van der Waals surface area (Å²) in [5.74, 6) is -0.326. The minimum absolute atomic E-state index is 0.186. The van der Waals surface area contributed by atoms with Gasteiger partial charge in [-0.15, -0.1) is 0 Å². The van der Waals surface area contributed by atoms with Crippen molar-refractivity contribution in [1.82, 2.24) is 10.2 Å². The summed E-state index contributed by atoms with van der Waals surface area (Å²) >= 11 is 5.88. The first-order valence-electron chi connectivity index (χ1n) is 8.64. The molecule has 1 aliphatic heterocycles. The maximum absolute atomic E-state index is 13.8. The van der Waals surface area contributed by atoms with Crippen molar-refractivity contribution < 1.29 is 18.3 Å². The van der Waals surface area contributed by atoms with E-state index in [9.17, 15) is 13.6 Å². The molecular weight excluding hydrogens is 376 g/mol. The first kappa shape index (κ1) is 19.2. The minimum atomic E-state index is -0.435. The predicted octanol–water partition coefficient (Wildman–Crippen LogP) is 3.53. The van der Waals surface area contributed by atoms with Crippen LogP contribution in [0.2, 0.25) is 5.02 Å². The van der Waals surface area contributed by atoms with Crippen LogP contribution in [0.5, 0.6) is 5.75 Å². The van der Waals surface area contributed by atoms with E-state index in [1.807, 2.05) is 4.90 Å². The third-order valence-electron chi connectivity index (χ3n) is 4.29. The number of nitrogens with one attached hydrogen (secondary N) is 1. The number of halogens is 3. The minimum Gasteiger partial charge on any atom is -0.490 e. The van der Waals surface area contributed by atoms with Crippen LogP contribution in [0.4, 0.5) is 19.3 Å². The van der Waals surface area contributed by atoms with Gasteiger partial charge in [0.05, 0.1) is 17.3 Å². The molecule has 0 spiro atoms. The number of rotatable bonds is 5. The van der Waals surface area contributed by atoms with E-state index in [-0.39, 0.29) is 23.5 Å². The Morgan fingerprint density at radius 3 is 2.56 bits per heavy atom. The number of para-hydroxylation sites is 1. The van der Waals surface area contributed by atoms with Gasteiger partial charge >= 0.3 is 6.03 Å². The van der Waals surface area contributed by atoms with Crippen LogP contribution in [0.15, 0.2) is 42.5 Å². The van der Waals surface area contributed by atoms with Gasteiger partial charge in [0.1, 0.15) is 24.0 Å². The largest absolute Gasteiger partial charge is 0.490 e. The molecule has 3 rings (SSSR count). The van der Waals surface area contributed by atoms with Gasteiger partial charge < -0.3 is 19.9 Å². The van der Waals surface area contributed by atoms with Crippen LogP contribution in [-0.2, 0) is 0 Å². The molecule has 0 saturated carbocycles. The lowest BCUT2D eigenvalue weighted by atomic mass is 10.2. The molecule has 27 heavy (non-hydrogen) atoms. The van der Waals surface area contributed by atoms with E-state index < -0.39 is 5.82 Å². The molecule has 2 aromatic rings. The summed E-state index contributed by atoms with van der Waals surface area (Å²) in [6.45, 7) is 2.65. The van der Waals surface area contributed by atoms with Gasteiger partial charge in [-0.25, -0.2) is 13.6 Å². The molecule has 144 valence electrons. The predicted molar refractivity (Wildman–Crippen MR) is 100 cm³/mol. The molecule has 0 atom stereocenters. The Balaban J connectivity index is 1.40. The van der Waals surface area contributed by atoms with Crippen molar-refractivity contribution in [3.8, 4) is 5.75 Å². The number of nitrogens with zero attached hydrogens (tertiary/aromatic N) is 2. The first-order chi connectivity index (χ1) is 13.0. The lowest BCUT2D eigenvalue weighted by molar-refractivity contribution is 0.191. The standard InChI is InChI=1S/C19H20ClF2N3O2/c20-15-13-14(21)5-6-18(15)27-12-7-23-19(26)25-10-8-24(9-11-25)17-4-2-1-3-16(17)22/h1-6,13H,7-12H2,(H,23,26). The molecule has 8 heteroatoms. The molecule has 1 fully saturated rings. The summed E-state index contributed by atoms with van der Waals surface area (Å²) in [6, 6.07) is 10.3. The van der Waals surface area contributed by atoms with Gasteiger partial charge in [0.15, 0.2) is 0 Å². The van der Waals surface area contributed by atoms with Crippen molar-refractivity contribution in [2.75, 3.05) is 44.2 Å². The summed E-state index contributed by atoms with van der Waals surface area (Å²) in [4.78, 5) is 15.8. The second-order valence-corrected chi connectivity index (χ2v) is 6.49. The zero-order valence-electron chi connectivity index (χ0n) is 14.6. The average Bonchev–Trinajstić information content (AvgIpc) is 2.67. The van der Waals surface area contributed by atoms with Crippen LogP contribution in [0.3, 0.4) is 0 Å². The summed E-state index contributed by atoms with van der Waals surface area (Å²) in [5.41, 5.74) is 0.558. The molecule has 1 saturated heterocycles. The van der Waals surface area contributed by atoms with Gasteiger partial charge in [-0.3, -0.25) is 0 Å². The van der Waals surface area contributed by atoms with Gasteiger partial charge in [0.2, 0.25) is 0 Å². The van der Waals surface area contributed by atoms with Crippen LogP contribution >= 0.6 is 11.6 Å². The number of urea groups is 1. The lowest BCUT2D eigenvalue weighted by Crippen LogP contribution is -2.52. The topological polar surface area (TPSA) is 44.8 Å². The van der Waals surface area contributed by atoms with Gasteiger partial charge in [0, 0.05) is 26.2 Å². The number of hydrogen-bond acceptors (Lipinski definition) is 3. The molecule has 2 aromatic carbocycles. The monoisotopic (exact) mass is 395 g/mol. The highest BCUT2D eigenvalue weighted by Gasteiger charge is 2.22. The van der Waals surface area contributed by atoms with E-state index in [1.54, 1.807) is 23.1 Å². The second-order valence-electron chi connectivity index (χ2n) is 6.08. The highest BCUT2D eigenvalue weighted by Crippen LogP contribution is 2.24. The Morgan fingerprint density at radius 2 is 1.85 bits per heavy atom. The Hall–Kier alpha value is -2.54. The molecule has 0 unspecified atom stereocenters. The Morgan fingerprint density at radius 1 is 1.11 bits per heavy atom. The fourth-order valence-electron chi connectivity index (χ4n) is 2.88. The number of carbonyl (C=O) groups excluding carboxylic acids is 1. The Labute approximate surface area is 161 Å². The number of amides is 2. The SMILES string of the molecule is O=C(NCCOc1ccc(F)cc1Cl)N1CCN(c2ccccc2F)CC1. The summed E-state index contributed by atoms with van der Waals surface area (Å²) in [6.07, 6.45) is 0. The van der Waals surface area contributed by atoms with Crippen molar-refractivity contribution in [2.45, 2.75) is 0 Å². The molecule has 1 N–H and O–H groups in total. The third-order valence-corrected chi connectivity index (χ3v) is 4.59. The number of hydrogen-bond donors (Lipinski definition) is 1. The number of carbonyl (C=O) groups is 1. The zero-order valence-corrected chi connectivity index (χ0v) is 15.4. The Bertz CT molecular complexity index is 798. The number of anilines is 1. The average molecular weight is 396 g/mol. The molecule has 0 aromatic heterocycles. The fraction of sp³-hybridized carbons (Fsp3) is 0.316. The number of piperazine rings is 1. The number of ether oxygens (including phenoxy) is 1. The van der Waals surface area contributed by atoms with Crippen molar-refractivity contribution in [1.29, 1.82) is 0 Å². The van der Waals surface area contributed by atoms with Gasteiger partial charge in [-0.05, 0) is 30.3 Å². The van der Waals surface area contributed by atoms with Gasteiger partial charge in [-0.1, -0.05) is 23.7 Å². The van der Waals surface area contributed by atoms with Gasteiger partial charge in [0.25, 0.3) is 0 Å². The van der Waals surface area contributed by atoms with Crippen LogP contribution in [0, 0.1) is 11.6 Å². The number of benzene rings is 2. The van der Waals surface area contributed by atoms with E-state index >= 15 is 0 Å². The molecule has 5 nitrogen and oxygen atoms in total. The maximum Gasteiger partial charge on any atom is 0.317 e. The quantitative estimate of drug-likeness (QED) is 0.788. The Kier molecular flexibility index (Phi) is 6.34. The molecule has 0 radical (unpaired) electrons. The molecule has 1 heterocycles. The van der Waals surface area contributed by atoms with E-state index in [0.29, 0.717) is 44.2 Å². The molecular formula is C19H20ClF2N3O2. The molecule has 1 aliphatic rings. The molecule has 2 amide bonds. The smallest absolute Gasteiger partial charge is 0.317 e. The van der Waals surface area contributed by atoms with Crippen LogP contribution in [0.1, 0.15) is 0 Å². The second kappa shape index (κ2) is 8.90. The van der Waals surface area contributed by atoms with Crippen molar-refractivity contribution in [3.05, 3.63) is 59.1 Å². The van der Waals surface area contributed by atoms with Crippen molar-refractivity contribution in [2.24, 2.45) is 0 Å². The van der Waals surface area contributed by atoms with Crippen LogP contribution in [0.25, 0.3) is 0 Å². The normalized spacial score (nSPS) is 14.2. The van der Waals surface area contributed by atoms with Gasteiger partial charge in [-0.2, -0.15) is 0 Å². The van der Waals surface area contributed by atoms with Crippen LogP contribution < -0.4 is 15.0 Å². The summed E-state index contributed by atoms with van der Waals surface area (Å²) < 4.78 is 32.3. The van der Waals surface area contributed by atoms with E-state index in [0.717, 1.165) is 0 Å². The van der Waals surface area contributed by atoms with Crippen LogP contribution in [-0.4, -0.2) is 50.3 Å². The van der Waals surface area contributed by atoms with Crippen molar-refractivity contribution in [3.63, 3.8) is 0 Å².